The summed E-state index contributed by atoms with van der Waals surface area (Å²) in [4.78, 5) is 21.8. The van der Waals surface area contributed by atoms with Gasteiger partial charge in [-0.1, -0.05) is 60.7 Å². The van der Waals surface area contributed by atoms with Gasteiger partial charge in [0.1, 0.15) is 11.5 Å². The average molecular weight is 383 g/mol. The van der Waals surface area contributed by atoms with Crippen molar-refractivity contribution in [1.29, 1.82) is 0 Å². The minimum absolute atomic E-state index is 0.460. The van der Waals surface area contributed by atoms with E-state index < -0.39 is 5.66 Å². The van der Waals surface area contributed by atoms with E-state index >= 15 is 0 Å². The third-order valence-electron chi connectivity index (χ3n) is 4.79. The van der Waals surface area contributed by atoms with Crippen molar-refractivity contribution in [3.05, 3.63) is 95.6 Å². The van der Waals surface area contributed by atoms with Crippen LogP contribution >= 0.6 is 0 Å². The molecule has 0 aliphatic carbocycles. The first-order chi connectivity index (χ1) is 14.2. The molecule has 0 bridgehead atoms. The van der Waals surface area contributed by atoms with Crippen molar-refractivity contribution in [1.82, 2.24) is 0 Å². The van der Waals surface area contributed by atoms with Crippen LogP contribution in [0.2, 0.25) is 0 Å². The fourth-order valence-electron chi connectivity index (χ4n) is 3.36. The highest BCUT2D eigenvalue weighted by atomic mass is 16.5. The Morgan fingerprint density at radius 1 is 0.759 bits per heavy atom. The Hall–Kier alpha value is -3.73. The van der Waals surface area contributed by atoms with Gasteiger partial charge in [-0.15, -0.1) is 0 Å². The molecular weight excluding hydrogens is 364 g/mol. The highest BCUT2D eigenvalue weighted by molar-refractivity contribution is 6.54. The van der Waals surface area contributed by atoms with E-state index in [0.717, 1.165) is 11.1 Å². The summed E-state index contributed by atoms with van der Waals surface area (Å²) in [6, 6.07) is 24.6. The molecule has 5 nitrogen and oxygen atoms in total. The summed E-state index contributed by atoms with van der Waals surface area (Å²) in [5.41, 5.74) is 1.99. The molecule has 0 N–H and O–H groups in total. The Balaban J connectivity index is 1.95. The molecule has 143 valence electrons. The third-order valence-corrected chi connectivity index (χ3v) is 4.79. The van der Waals surface area contributed by atoms with Crippen LogP contribution in [0.15, 0.2) is 88.8 Å². The van der Waals surface area contributed by atoms with Gasteiger partial charge < -0.3 is 9.47 Å². The van der Waals surface area contributed by atoms with Crippen LogP contribution in [-0.4, -0.2) is 31.9 Å². The van der Waals surface area contributed by atoms with Gasteiger partial charge in [0.15, 0.2) is 0 Å². The minimum atomic E-state index is -1.55. The number of benzene rings is 3. The fourth-order valence-corrected chi connectivity index (χ4v) is 3.36. The quantitative estimate of drug-likeness (QED) is 0.647. The molecule has 0 unspecified atom stereocenters. The lowest BCUT2D eigenvalue weighted by molar-refractivity contribution is 0.384. The Labute approximate surface area is 169 Å². The molecule has 4 rings (SSSR count). The largest absolute Gasteiger partial charge is 0.497 e. The molecule has 0 aromatic heterocycles. The molecule has 1 heterocycles. The number of hydrogen-bond acceptors (Lipinski definition) is 5. The second kappa shape index (κ2) is 7.72. The van der Waals surface area contributed by atoms with Crippen molar-refractivity contribution < 1.29 is 14.3 Å². The van der Waals surface area contributed by atoms with Crippen LogP contribution in [-0.2, 0) is 10.5 Å². The number of ether oxygens (including phenoxy) is 2. The molecule has 29 heavy (non-hydrogen) atoms. The molecule has 1 aliphatic rings. The van der Waals surface area contributed by atoms with Crippen LogP contribution < -0.4 is 9.47 Å². The smallest absolute Gasteiger partial charge is 0.258 e. The summed E-state index contributed by atoms with van der Waals surface area (Å²) < 4.78 is 10.8. The van der Waals surface area contributed by atoms with Crippen molar-refractivity contribution in [2.75, 3.05) is 14.2 Å². The Morgan fingerprint density at radius 3 is 1.76 bits per heavy atom. The van der Waals surface area contributed by atoms with Gasteiger partial charge in [-0.3, -0.25) is 4.79 Å². The first-order valence-corrected chi connectivity index (χ1v) is 9.13. The minimum Gasteiger partial charge on any atom is -0.497 e. The SMILES string of the molecule is COc1ccc(C2([C]=O)N=C(c3ccccc3)C(c3ccccc3)=N2)c(OC)c1. The van der Waals surface area contributed by atoms with Crippen molar-refractivity contribution >= 4 is 17.7 Å². The lowest BCUT2D eigenvalue weighted by Crippen LogP contribution is -2.22. The molecule has 1 aliphatic heterocycles. The van der Waals surface area contributed by atoms with Crippen molar-refractivity contribution in [3.63, 3.8) is 0 Å². The Bertz CT molecular complexity index is 1030. The van der Waals surface area contributed by atoms with E-state index in [1.54, 1.807) is 25.3 Å². The molecule has 0 spiro atoms. The van der Waals surface area contributed by atoms with Crippen molar-refractivity contribution in [2.24, 2.45) is 9.98 Å². The van der Waals surface area contributed by atoms with E-state index in [1.807, 2.05) is 60.7 Å². The Kier molecular flexibility index (Phi) is 4.96. The van der Waals surface area contributed by atoms with Crippen LogP contribution in [0.5, 0.6) is 11.5 Å². The lowest BCUT2D eigenvalue weighted by Gasteiger charge is -2.19. The maximum absolute atomic E-state index is 12.3. The number of hydrogen-bond donors (Lipinski definition) is 0. The number of carbonyl (C=O) groups excluding carboxylic acids is 1. The number of aliphatic imine (C=N–C) groups is 2. The van der Waals surface area contributed by atoms with Gasteiger partial charge in [-0.05, 0) is 12.1 Å². The first kappa shape index (κ1) is 18.6. The molecule has 5 heteroatoms. The van der Waals surface area contributed by atoms with Crippen LogP contribution in [0, 0.1) is 0 Å². The topological polar surface area (TPSA) is 60.2 Å². The fraction of sp³-hybridized carbons (Fsp3) is 0.125. The maximum Gasteiger partial charge on any atom is 0.258 e. The molecule has 3 aromatic rings. The highest BCUT2D eigenvalue weighted by Gasteiger charge is 2.42. The molecule has 0 amide bonds. The molecule has 0 fully saturated rings. The summed E-state index contributed by atoms with van der Waals surface area (Å²) in [5, 5.41) is 0. The molecule has 0 saturated heterocycles. The van der Waals surface area contributed by atoms with E-state index in [0.29, 0.717) is 28.5 Å². The van der Waals surface area contributed by atoms with Crippen LogP contribution in [0.3, 0.4) is 0 Å². The third kappa shape index (κ3) is 3.31. The predicted octanol–water partition coefficient (Wildman–Crippen LogP) is 3.96. The summed E-state index contributed by atoms with van der Waals surface area (Å²) in [6.45, 7) is 0. The highest BCUT2D eigenvalue weighted by Crippen LogP contribution is 2.39. The van der Waals surface area contributed by atoms with Crippen LogP contribution in [0.1, 0.15) is 16.7 Å². The van der Waals surface area contributed by atoms with Gasteiger partial charge in [-0.2, -0.15) is 0 Å². The predicted molar refractivity (Wildman–Crippen MR) is 113 cm³/mol. The first-order valence-electron chi connectivity index (χ1n) is 9.13. The zero-order valence-corrected chi connectivity index (χ0v) is 16.1. The normalized spacial score (nSPS) is 14.7. The van der Waals surface area contributed by atoms with Gasteiger partial charge in [0, 0.05) is 17.2 Å². The van der Waals surface area contributed by atoms with Gasteiger partial charge >= 0.3 is 0 Å². The van der Waals surface area contributed by atoms with Crippen molar-refractivity contribution in [3.8, 4) is 11.5 Å². The standard InChI is InChI=1S/C24H19N2O3/c1-28-19-13-14-20(21(15-19)29-2)24(16-27)25-22(17-9-5-3-6-10-17)23(26-24)18-11-7-4-8-12-18/h3-15H,1-2H3. The lowest BCUT2D eigenvalue weighted by atomic mass is 10.0. The van der Waals surface area contributed by atoms with Gasteiger partial charge in [-0.25, -0.2) is 9.98 Å². The Morgan fingerprint density at radius 2 is 1.31 bits per heavy atom. The van der Waals surface area contributed by atoms with E-state index in [2.05, 4.69) is 6.29 Å². The molecule has 3 aromatic carbocycles. The maximum atomic E-state index is 12.3. The van der Waals surface area contributed by atoms with Crippen LogP contribution in [0.4, 0.5) is 0 Å². The van der Waals surface area contributed by atoms with Crippen LogP contribution in [0.25, 0.3) is 0 Å². The number of nitrogens with zero attached hydrogens (tertiary/aromatic N) is 2. The molecular formula is C24H19N2O3. The van der Waals surface area contributed by atoms with Gasteiger partial charge in [0.05, 0.1) is 31.2 Å². The number of methoxy groups -OCH3 is 2. The monoisotopic (exact) mass is 383 g/mol. The van der Waals surface area contributed by atoms with E-state index in [1.165, 1.54) is 7.11 Å². The van der Waals surface area contributed by atoms with E-state index in [-0.39, 0.29) is 0 Å². The average Bonchev–Trinajstić information content (AvgIpc) is 3.21. The zero-order chi connectivity index (χ0) is 20.3. The zero-order valence-electron chi connectivity index (χ0n) is 16.1. The van der Waals surface area contributed by atoms with Gasteiger partial charge in [0.2, 0.25) is 5.66 Å². The summed E-state index contributed by atoms with van der Waals surface area (Å²) in [7, 11) is 3.11. The molecule has 0 atom stereocenters. The summed E-state index contributed by atoms with van der Waals surface area (Å²) in [5.74, 6) is 1.08. The summed E-state index contributed by atoms with van der Waals surface area (Å²) >= 11 is 0. The summed E-state index contributed by atoms with van der Waals surface area (Å²) in [6.07, 6.45) is 2.06. The van der Waals surface area contributed by atoms with E-state index in [9.17, 15) is 4.79 Å². The molecule has 0 saturated carbocycles. The molecule has 1 radical (unpaired) electrons. The number of rotatable bonds is 6. The second-order valence-corrected chi connectivity index (χ2v) is 6.49. The second-order valence-electron chi connectivity index (χ2n) is 6.49. The van der Waals surface area contributed by atoms with Gasteiger partial charge in [0.25, 0.3) is 6.29 Å². The van der Waals surface area contributed by atoms with E-state index in [4.69, 9.17) is 19.5 Å². The van der Waals surface area contributed by atoms with Crippen molar-refractivity contribution in [2.45, 2.75) is 5.66 Å².